The van der Waals surface area contributed by atoms with E-state index in [1.807, 2.05) is 25.1 Å². The van der Waals surface area contributed by atoms with Gasteiger partial charge in [0.05, 0.1) is 5.25 Å². The third-order valence-corrected chi connectivity index (χ3v) is 5.62. The number of benzene rings is 2. The number of nitrogens with one attached hydrogen (secondary N) is 2. The summed E-state index contributed by atoms with van der Waals surface area (Å²) in [5.41, 5.74) is 1.92. The van der Waals surface area contributed by atoms with Crippen LogP contribution in [0.15, 0.2) is 54.6 Å². The van der Waals surface area contributed by atoms with E-state index >= 15 is 0 Å². The molecule has 1 atom stereocenters. The molecule has 0 aliphatic heterocycles. The Morgan fingerprint density at radius 2 is 1.71 bits per heavy atom. The molecule has 0 fully saturated rings. The molecule has 2 amide bonds. The molecule has 0 aromatic heterocycles. The zero-order valence-corrected chi connectivity index (χ0v) is 17.4. The molecule has 6 heteroatoms. The number of hydrogen-bond acceptors (Lipinski definition) is 4. The molecule has 2 rings (SSSR count). The summed E-state index contributed by atoms with van der Waals surface area (Å²) in [7, 11) is 0. The van der Waals surface area contributed by atoms with Gasteiger partial charge in [0.15, 0.2) is 6.61 Å². The molecule has 2 aromatic rings. The first-order chi connectivity index (χ1) is 13.5. The van der Waals surface area contributed by atoms with Gasteiger partial charge in [0.2, 0.25) is 5.91 Å². The van der Waals surface area contributed by atoms with Crippen LogP contribution in [0.1, 0.15) is 26.3 Å². The Morgan fingerprint density at radius 3 is 2.32 bits per heavy atom. The zero-order valence-electron chi connectivity index (χ0n) is 16.6. The second-order valence-electron chi connectivity index (χ2n) is 6.72. The summed E-state index contributed by atoms with van der Waals surface area (Å²) in [5.74, 6) is 1.43. The number of hydrogen-bond donors (Lipinski definition) is 2. The highest BCUT2D eigenvalue weighted by Crippen LogP contribution is 2.25. The van der Waals surface area contributed by atoms with E-state index in [1.165, 1.54) is 5.56 Å². The Hall–Kier alpha value is -2.47. The van der Waals surface area contributed by atoms with Gasteiger partial charge in [-0.25, -0.2) is 0 Å². The predicted molar refractivity (Wildman–Crippen MR) is 116 cm³/mol. The number of amides is 2. The Morgan fingerprint density at radius 1 is 1.04 bits per heavy atom. The summed E-state index contributed by atoms with van der Waals surface area (Å²) in [6.45, 7) is 6.52. The van der Waals surface area contributed by atoms with Crippen molar-refractivity contribution in [2.24, 2.45) is 5.92 Å². The molecule has 0 saturated carbocycles. The Bertz CT molecular complexity index is 748. The number of carbonyl (C=O) groups excluding carboxylic acids is 2. The predicted octanol–water partition coefficient (Wildman–Crippen LogP) is 4.10. The molecule has 0 heterocycles. The second kappa shape index (κ2) is 11.4. The lowest BCUT2D eigenvalue weighted by molar-refractivity contribution is -0.123. The highest BCUT2D eigenvalue weighted by atomic mass is 32.2. The van der Waals surface area contributed by atoms with Crippen molar-refractivity contribution in [3.8, 4) is 5.75 Å². The fourth-order valence-corrected chi connectivity index (χ4v) is 3.74. The topological polar surface area (TPSA) is 67.4 Å². The van der Waals surface area contributed by atoms with E-state index in [9.17, 15) is 9.59 Å². The van der Waals surface area contributed by atoms with Crippen LogP contribution < -0.4 is 15.4 Å². The van der Waals surface area contributed by atoms with Crippen LogP contribution >= 0.6 is 11.8 Å². The number of ether oxygens (including phenoxy) is 1. The monoisotopic (exact) mass is 400 g/mol. The summed E-state index contributed by atoms with van der Waals surface area (Å²) in [6, 6.07) is 17.2. The minimum Gasteiger partial charge on any atom is -0.484 e. The van der Waals surface area contributed by atoms with Gasteiger partial charge in [-0.2, -0.15) is 0 Å². The van der Waals surface area contributed by atoms with Gasteiger partial charge in [-0.1, -0.05) is 44.2 Å². The largest absolute Gasteiger partial charge is 0.484 e. The van der Waals surface area contributed by atoms with Crippen molar-refractivity contribution in [3.63, 3.8) is 0 Å². The molecule has 0 aliphatic rings. The van der Waals surface area contributed by atoms with Gasteiger partial charge in [-0.05, 0) is 42.7 Å². The van der Waals surface area contributed by atoms with E-state index in [0.29, 0.717) is 18.0 Å². The van der Waals surface area contributed by atoms with Gasteiger partial charge >= 0.3 is 0 Å². The molecule has 0 saturated heterocycles. The lowest BCUT2D eigenvalue weighted by atomic mass is 10.1. The van der Waals surface area contributed by atoms with E-state index in [4.69, 9.17) is 4.74 Å². The average Bonchev–Trinajstić information content (AvgIpc) is 2.68. The van der Waals surface area contributed by atoms with Crippen LogP contribution in [-0.4, -0.2) is 30.2 Å². The van der Waals surface area contributed by atoms with E-state index in [1.54, 1.807) is 36.0 Å². The molecule has 1 unspecified atom stereocenters. The molecule has 0 aliphatic carbocycles. The fraction of sp³-hybridized carbons (Fsp3) is 0.364. The van der Waals surface area contributed by atoms with Crippen molar-refractivity contribution in [2.75, 3.05) is 18.5 Å². The molecule has 0 spiro atoms. The summed E-state index contributed by atoms with van der Waals surface area (Å²) < 4.78 is 5.42. The third-order valence-electron chi connectivity index (χ3n) is 4.00. The number of rotatable bonds is 10. The van der Waals surface area contributed by atoms with Crippen molar-refractivity contribution in [3.05, 3.63) is 60.2 Å². The Labute approximate surface area is 171 Å². The van der Waals surface area contributed by atoms with E-state index in [0.717, 1.165) is 5.75 Å². The van der Waals surface area contributed by atoms with E-state index < -0.39 is 0 Å². The minimum absolute atomic E-state index is 0.00748. The van der Waals surface area contributed by atoms with Crippen LogP contribution in [0.3, 0.4) is 0 Å². The quantitative estimate of drug-likeness (QED) is 0.630. The van der Waals surface area contributed by atoms with Gasteiger partial charge < -0.3 is 15.4 Å². The number of thioether (sulfide) groups is 1. The maximum Gasteiger partial charge on any atom is 0.257 e. The van der Waals surface area contributed by atoms with Crippen molar-refractivity contribution in [1.29, 1.82) is 0 Å². The Balaban J connectivity index is 1.89. The van der Waals surface area contributed by atoms with E-state index in [2.05, 4.69) is 36.6 Å². The number of likely N-dealkylation sites (N-methyl/N-ethyl adjacent to an activating group) is 1. The first-order valence-electron chi connectivity index (χ1n) is 9.45. The first kappa shape index (κ1) is 21.8. The molecule has 2 aromatic carbocycles. The van der Waals surface area contributed by atoms with Gasteiger partial charge in [-0.15, -0.1) is 11.8 Å². The smallest absolute Gasteiger partial charge is 0.257 e. The van der Waals surface area contributed by atoms with Crippen LogP contribution in [0.5, 0.6) is 5.75 Å². The molecule has 150 valence electrons. The van der Waals surface area contributed by atoms with Gasteiger partial charge in [-0.3, -0.25) is 9.59 Å². The van der Waals surface area contributed by atoms with E-state index in [-0.39, 0.29) is 29.6 Å². The molecule has 28 heavy (non-hydrogen) atoms. The normalized spacial score (nSPS) is 11.7. The van der Waals surface area contributed by atoms with Crippen LogP contribution in [0.2, 0.25) is 0 Å². The standard InChI is InChI=1S/C22H28N2O3S/c1-4-23-20(25)14-27-19-12-10-18(11-13-19)24-22(26)21(16(2)3)28-15-17-8-6-5-7-9-17/h5-13,16,21H,4,14-15H2,1-3H3,(H,23,25)(H,24,26). The van der Waals surface area contributed by atoms with Gasteiger partial charge in [0.1, 0.15) is 5.75 Å². The highest BCUT2D eigenvalue weighted by Gasteiger charge is 2.22. The SMILES string of the molecule is CCNC(=O)COc1ccc(NC(=O)C(SCc2ccccc2)C(C)C)cc1. The molecule has 5 nitrogen and oxygen atoms in total. The van der Waals surface area contributed by atoms with Crippen LogP contribution in [0.25, 0.3) is 0 Å². The van der Waals surface area contributed by atoms with Crippen molar-refractivity contribution >= 4 is 29.3 Å². The first-order valence-corrected chi connectivity index (χ1v) is 10.5. The van der Waals surface area contributed by atoms with Gasteiger partial charge in [0.25, 0.3) is 5.91 Å². The minimum atomic E-state index is -0.157. The number of anilines is 1. The van der Waals surface area contributed by atoms with Crippen LogP contribution in [-0.2, 0) is 15.3 Å². The van der Waals surface area contributed by atoms with Crippen molar-refractivity contribution in [1.82, 2.24) is 5.32 Å². The Kier molecular flexibility index (Phi) is 8.88. The highest BCUT2D eigenvalue weighted by molar-refractivity contribution is 7.99. The molecule has 2 N–H and O–H groups in total. The summed E-state index contributed by atoms with van der Waals surface area (Å²) >= 11 is 1.65. The summed E-state index contributed by atoms with van der Waals surface area (Å²) in [5, 5.41) is 5.51. The van der Waals surface area contributed by atoms with Crippen LogP contribution in [0, 0.1) is 5.92 Å². The van der Waals surface area contributed by atoms with Crippen molar-refractivity contribution in [2.45, 2.75) is 31.8 Å². The molecule has 0 bridgehead atoms. The maximum atomic E-state index is 12.7. The second-order valence-corrected chi connectivity index (χ2v) is 7.85. The molecular weight excluding hydrogens is 372 g/mol. The third kappa shape index (κ3) is 7.27. The fourth-order valence-electron chi connectivity index (χ4n) is 2.58. The summed E-state index contributed by atoms with van der Waals surface area (Å²) in [4.78, 5) is 24.2. The van der Waals surface area contributed by atoms with Gasteiger partial charge in [0, 0.05) is 18.0 Å². The zero-order chi connectivity index (χ0) is 20.4. The lowest BCUT2D eigenvalue weighted by Crippen LogP contribution is -2.29. The maximum absolute atomic E-state index is 12.7. The lowest BCUT2D eigenvalue weighted by Gasteiger charge is -2.20. The molecule has 0 radical (unpaired) electrons. The van der Waals surface area contributed by atoms with Crippen molar-refractivity contribution < 1.29 is 14.3 Å². The summed E-state index contributed by atoms with van der Waals surface area (Å²) in [6.07, 6.45) is 0. The molecular formula is C22H28N2O3S. The average molecular weight is 401 g/mol. The van der Waals surface area contributed by atoms with Crippen LogP contribution in [0.4, 0.5) is 5.69 Å². The number of carbonyl (C=O) groups is 2.